The second kappa shape index (κ2) is 7.14. The monoisotopic (exact) mass is 282 g/mol. The average molecular weight is 282 g/mol. The molecule has 1 aliphatic rings. The van der Waals surface area contributed by atoms with Crippen LogP contribution in [0.2, 0.25) is 0 Å². The van der Waals surface area contributed by atoms with E-state index in [4.69, 9.17) is 5.73 Å². The Labute approximate surface area is 120 Å². The largest absolute Gasteiger partial charge is 0.329 e. The van der Waals surface area contributed by atoms with Gasteiger partial charge in [-0.1, -0.05) is 31.9 Å². The molecule has 1 aromatic rings. The zero-order chi connectivity index (χ0) is 14.5. The first-order chi connectivity index (χ1) is 9.67. The van der Waals surface area contributed by atoms with Crippen molar-refractivity contribution < 1.29 is 8.78 Å². The molecule has 112 valence electrons. The number of hydrogen-bond acceptors (Lipinski definition) is 2. The predicted molar refractivity (Wildman–Crippen MR) is 77.4 cm³/mol. The van der Waals surface area contributed by atoms with Gasteiger partial charge in [-0.05, 0) is 37.9 Å². The molecule has 2 rings (SSSR count). The van der Waals surface area contributed by atoms with Crippen molar-refractivity contribution in [3.8, 4) is 0 Å². The molecule has 0 aliphatic carbocycles. The van der Waals surface area contributed by atoms with Crippen LogP contribution in [0.25, 0.3) is 0 Å². The van der Waals surface area contributed by atoms with Crippen LogP contribution in [0.4, 0.5) is 8.78 Å². The number of nitrogens with zero attached hydrogens (tertiary/aromatic N) is 1. The smallest absolute Gasteiger partial charge is 0.163 e. The van der Waals surface area contributed by atoms with E-state index in [-0.39, 0.29) is 6.04 Å². The number of piperidine rings is 1. The summed E-state index contributed by atoms with van der Waals surface area (Å²) in [5.74, 6) is -0.771. The van der Waals surface area contributed by atoms with Crippen molar-refractivity contribution in [3.63, 3.8) is 0 Å². The van der Waals surface area contributed by atoms with E-state index in [9.17, 15) is 8.78 Å². The van der Waals surface area contributed by atoms with Crippen LogP contribution in [0.5, 0.6) is 0 Å². The minimum Gasteiger partial charge on any atom is -0.329 e. The van der Waals surface area contributed by atoms with Gasteiger partial charge >= 0.3 is 0 Å². The summed E-state index contributed by atoms with van der Waals surface area (Å²) in [7, 11) is 0. The molecule has 0 bridgehead atoms. The standard InChI is InChI=1S/C16H24F2N2/c1-2-4-12-7-9-20(10-8-12)15(11-19)13-5-3-6-14(17)16(13)18/h3,5-6,12,15H,2,4,7-11,19H2,1H3. The molecule has 20 heavy (non-hydrogen) atoms. The van der Waals surface area contributed by atoms with Crippen LogP contribution in [0.3, 0.4) is 0 Å². The summed E-state index contributed by atoms with van der Waals surface area (Å²) < 4.78 is 27.3. The van der Waals surface area contributed by atoms with Crippen molar-refractivity contribution in [1.82, 2.24) is 4.90 Å². The van der Waals surface area contributed by atoms with E-state index in [1.807, 2.05) is 0 Å². The second-order valence-electron chi connectivity index (χ2n) is 5.66. The van der Waals surface area contributed by atoms with E-state index in [1.54, 1.807) is 12.1 Å². The summed E-state index contributed by atoms with van der Waals surface area (Å²) in [6.07, 6.45) is 4.72. The second-order valence-corrected chi connectivity index (χ2v) is 5.66. The molecule has 1 aromatic carbocycles. The lowest BCUT2D eigenvalue weighted by molar-refractivity contribution is 0.129. The third-order valence-electron chi connectivity index (χ3n) is 4.35. The molecule has 0 radical (unpaired) electrons. The van der Waals surface area contributed by atoms with Gasteiger partial charge in [0, 0.05) is 12.1 Å². The molecule has 1 atom stereocenters. The number of nitrogens with two attached hydrogens (primary N) is 1. The molecule has 1 aliphatic heterocycles. The van der Waals surface area contributed by atoms with E-state index >= 15 is 0 Å². The lowest BCUT2D eigenvalue weighted by atomic mass is 9.91. The first kappa shape index (κ1) is 15.4. The number of rotatable bonds is 5. The van der Waals surface area contributed by atoms with Gasteiger partial charge in [-0.3, -0.25) is 4.90 Å². The molecule has 0 aromatic heterocycles. The van der Waals surface area contributed by atoms with Crippen LogP contribution in [-0.2, 0) is 0 Å². The van der Waals surface area contributed by atoms with Gasteiger partial charge in [-0.15, -0.1) is 0 Å². The normalized spacial score (nSPS) is 19.2. The Kier molecular flexibility index (Phi) is 5.49. The van der Waals surface area contributed by atoms with Crippen LogP contribution in [-0.4, -0.2) is 24.5 Å². The van der Waals surface area contributed by atoms with Crippen LogP contribution in [0.1, 0.15) is 44.2 Å². The van der Waals surface area contributed by atoms with Gasteiger partial charge in [-0.25, -0.2) is 8.78 Å². The van der Waals surface area contributed by atoms with Crippen molar-refractivity contribution in [3.05, 3.63) is 35.4 Å². The number of likely N-dealkylation sites (tertiary alicyclic amines) is 1. The zero-order valence-corrected chi connectivity index (χ0v) is 12.1. The summed E-state index contributed by atoms with van der Waals surface area (Å²) >= 11 is 0. The van der Waals surface area contributed by atoms with Crippen molar-refractivity contribution in [2.45, 2.75) is 38.6 Å². The molecule has 2 nitrogen and oxygen atoms in total. The first-order valence-electron chi connectivity index (χ1n) is 7.55. The number of hydrogen-bond donors (Lipinski definition) is 1. The van der Waals surface area contributed by atoms with Gasteiger partial charge in [0.2, 0.25) is 0 Å². The number of benzene rings is 1. The maximum Gasteiger partial charge on any atom is 0.163 e. The molecule has 1 heterocycles. The Morgan fingerprint density at radius 1 is 1.30 bits per heavy atom. The van der Waals surface area contributed by atoms with E-state index in [0.29, 0.717) is 12.1 Å². The van der Waals surface area contributed by atoms with E-state index in [1.165, 1.54) is 12.8 Å². The zero-order valence-electron chi connectivity index (χ0n) is 12.1. The SMILES string of the molecule is CCCC1CCN(C(CN)c2cccc(F)c2F)CC1. The fourth-order valence-electron chi connectivity index (χ4n) is 3.21. The highest BCUT2D eigenvalue weighted by molar-refractivity contribution is 5.23. The van der Waals surface area contributed by atoms with Crippen LogP contribution in [0.15, 0.2) is 18.2 Å². The Morgan fingerprint density at radius 2 is 2.00 bits per heavy atom. The van der Waals surface area contributed by atoms with Crippen molar-refractivity contribution in [2.75, 3.05) is 19.6 Å². The lowest BCUT2D eigenvalue weighted by Gasteiger charge is -2.37. The summed E-state index contributed by atoms with van der Waals surface area (Å²) in [5, 5.41) is 0. The van der Waals surface area contributed by atoms with Gasteiger partial charge < -0.3 is 5.73 Å². The number of halogens is 2. The van der Waals surface area contributed by atoms with Crippen molar-refractivity contribution in [1.29, 1.82) is 0 Å². The summed E-state index contributed by atoms with van der Waals surface area (Å²) in [6, 6.07) is 4.14. The quantitative estimate of drug-likeness (QED) is 0.896. The maximum atomic E-state index is 13.9. The molecule has 0 amide bonds. The summed E-state index contributed by atoms with van der Waals surface area (Å²) in [5.41, 5.74) is 6.21. The third-order valence-corrected chi connectivity index (χ3v) is 4.35. The van der Waals surface area contributed by atoms with E-state index in [0.717, 1.165) is 37.9 Å². The van der Waals surface area contributed by atoms with E-state index < -0.39 is 11.6 Å². The molecule has 0 saturated carbocycles. The molecule has 4 heteroatoms. The maximum absolute atomic E-state index is 13.9. The molecule has 1 unspecified atom stereocenters. The Morgan fingerprint density at radius 3 is 2.60 bits per heavy atom. The van der Waals surface area contributed by atoms with Crippen molar-refractivity contribution in [2.24, 2.45) is 11.7 Å². The average Bonchev–Trinajstić information content (AvgIpc) is 2.46. The Hall–Kier alpha value is -1.00. The molecule has 1 saturated heterocycles. The highest BCUT2D eigenvalue weighted by atomic mass is 19.2. The minimum atomic E-state index is -0.790. The molecule has 0 spiro atoms. The van der Waals surface area contributed by atoms with Crippen LogP contribution in [0, 0.1) is 17.6 Å². The molecule has 1 fully saturated rings. The van der Waals surface area contributed by atoms with Gasteiger partial charge in [0.05, 0.1) is 6.04 Å². The van der Waals surface area contributed by atoms with Gasteiger partial charge in [0.1, 0.15) is 0 Å². The minimum absolute atomic E-state index is 0.215. The fraction of sp³-hybridized carbons (Fsp3) is 0.625. The highest BCUT2D eigenvalue weighted by Gasteiger charge is 2.27. The fourth-order valence-corrected chi connectivity index (χ4v) is 3.21. The molecular formula is C16H24F2N2. The topological polar surface area (TPSA) is 29.3 Å². The first-order valence-corrected chi connectivity index (χ1v) is 7.55. The van der Waals surface area contributed by atoms with Gasteiger partial charge in [-0.2, -0.15) is 0 Å². The Balaban J connectivity index is 2.08. The molecule has 2 N–H and O–H groups in total. The third kappa shape index (κ3) is 3.36. The van der Waals surface area contributed by atoms with Crippen LogP contribution >= 0.6 is 0 Å². The van der Waals surface area contributed by atoms with E-state index in [2.05, 4.69) is 11.8 Å². The van der Waals surface area contributed by atoms with Gasteiger partial charge in [0.25, 0.3) is 0 Å². The predicted octanol–water partition coefficient (Wildman–Crippen LogP) is 3.48. The highest BCUT2D eigenvalue weighted by Crippen LogP contribution is 2.30. The summed E-state index contributed by atoms with van der Waals surface area (Å²) in [4.78, 5) is 2.20. The lowest BCUT2D eigenvalue weighted by Crippen LogP contribution is -2.40. The summed E-state index contributed by atoms with van der Waals surface area (Å²) in [6.45, 7) is 4.36. The van der Waals surface area contributed by atoms with Gasteiger partial charge in [0.15, 0.2) is 11.6 Å². The van der Waals surface area contributed by atoms with Crippen LogP contribution < -0.4 is 5.73 Å². The molecular weight excluding hydrogens is 258 g/mol. The Bertz CT molecular complexity index is 428. The van der Waals surface area contributed by atoms with Crippen molar-refractivity contribution >= 4 is 0 Å².